The van der Waals surface area contributed by atoms with Crippen molar-refractivity contribution in [2.75, 3.05) is 24.6 Å². The number of pyridine rings is 1. The Kier molecular flexibility index (Phi) is 7.30. The molecule has 6 rings (SSSR count). The van der Waals surface area contributed by atoms with Crippen molar-refractivity contribution in [3.8, 4) is 33.8 Å². The van der Waals surface area contributed by atoms with Crippen molar-refractivity contribution in [3.63, 3.8) is 0 Å². The van der Waals surface area contributed by atoms with Crippen LogP contribution in [0.5, 0.6) is 11.5 Å². The van der Waals surface area contributed by atoms with Crippen LogP contribution in [-0.4, -0.2) is 52.7 Å². The molecule has 228 valence electrons. The van der Waals surface area contributed by atoms with Crippen LogP contribution in [-0.2, 0) is 4.79 Å². The molecule has 4 aromatic rings. The Bertz CT molecular complexity index is 1830. The van der Waals surface area contributed by atoms with Crippen LogP contribution >= 0.6 is 0 Å². The highest BCUT2D eigenvalue weighted by atomic mass is 19.1. The zero-order chi connectivity index (χ0) is 31.6. The fourth-order valence-corrected chi connectivity index (χ4v) is 6.82. The van der Waals surface area contributed by atoms with Crippen LogP contribution in [0.3, 0.4) is 0 Å². The molecule has 6 nitrogen and oxygen atoms in total. The molecule has 3 aromatic carbocycles. The smallest absolute Gasteiger partial charge is 0.246 e. The summed E-state index contributed by atoms with van der Waals surface area (Å²) in [6.45, 7) is 14.3. The number of anilines is 1. The quantitative estimate of drug-likeness (QED) is 0.247. The highest BCUT2D eigenvalue weighted by Crippen LogP contribution is 2.53. The maximum Gasteiger partial charge on any atom is 0.246 e. The van der Waals surface area contributed by atoms with Gasteiger partial charge in [0.2, 0.25) is 5.91 Å². The van der Waals surface area contributed by atoms with Crippen LogP contribution in [0.2, 0.25) is 0 Å². The van der Waals surface area contributed by atoms with Crippen LogP contribution < -0.4 is 9.64 Å². The summed E-state index contributed by atoms with van der Waals surface area (Å²) in [6.07, 6.45) is 2.98. The van der Waals surface area contributed by atoms with Crippen molar-refractivity contribution < 1.29 is 27.8 Å². The molecule has 0 saturated carbocycles. The maximum absolute atomic E-state index is 17.2. The lowest BCUT2D eigenvalue weighted by atomic mass is 9.84. The summed E-state index contributed by atoms with van der Waals surface area (Å²) in [6, 6.07) is 6.10. The zero-order valence-corrected chi connectivity index (χ0v) is 25.3. The minimum atomic E-state index is -1.02. The van der Waals surface area contributed by atoms with Gasteiger partial charge in [0.1, 0.15) is 35.6 Å². The molecule has 0 radical (unpaired) electrons. The standard InChI is InChI=1S/C35H34F3N3O3/c1-7-26(43)40-15-21-16-44-35-20(6)28(27-18(4)11-12-39-33(27)17(2)3)29-22(34(35)41(21)14-19(40)5)13-24(37)31(32(29)38)30-23(36)9-8-10-25(30)42/h7-13,17,19,21,42H,1,14-16H2,2-6H3. The Hall–Kier alpha value is -4.53. The first-order chi connectivity index (χ1) is 21.0. The molecule has 1 N–H and O–H groups in total. The molecule has 1 aromatic heterocycles. The normalized spacial score (nSPS) is 17.8. The predicted octanol–water partition coefficient (Wildman–Crippen LogP) is 7.42. The molecular weight excluding hydrogens is 567 g/mol. The first kappa shape index (κ1) is 29.5. The van der Waals surface area contributed by atoms with Crippen molar-refractivity contribution in [1.29, 1.82) is 0 Å². The monoisotopic (exact) mass is 601 g/mol. The maximum atomic E-state index is 17.2. The van der Waals surface area contributed by atoms with Crippen LogP contribution in [0.15, 0.2) is 49.2 Å². The zero-order valence-electron chi connectivity index (χ0n) is 25.3. The van der Waals surface area contributed by atoms with Crippen LogP contribution in [0.25, 0.3) is 33.0 Å². The molecule has 1 saturated heterocycles. The SMILES string of the molecule is C=CC(=O)N1CC2COc3c(C)c(-c4c(C)ccnc4C(C)C)c4c(F)c(-c5c(O)cccc5F)c(F)cc4c3N2CC1C. The van der Waals surface area contributed by atoms with E-state index in [1.54, 1.807) is 11.1 Å². The van der Waals surface area contributed by atoms with Crippen molar-refractivity contribution in [1.82, 2.24) is 9.88 Å². The average Bonchev–Trinajstić information content (AvgIpc) is 2.98. The number of carbonyl (C=O) groups excluding carboxylic acids is 1. The molecule has 9 heteroatoms. The third-order valence-corrected chi connectivity index (χ3v) is 8.89. The number of hydrogen-bond donors (Lipinski definition) is 1. The van der Waals surface area contributed by atoms with E-state index < -0.39 is 34.3 Å². The average molecular weight is 602 g/mol. The second-order valence-electron chi connectivity index (χ2n) is 12.0. The largest absolute Gasteiger partial charge is 0.507 e. The number of fused-ring (bicyclic) bond motifs is 5. The number of benzene rings is 3. The Morgan fingerprint density at radius 1 is 1.09 bits per heavy atom. The van der Waals surface area contributed by atoms with Gasteiger partial charge in [-0.05, 0) is 62.6 Å². The molecule has 0 aliphatic carbocycles. The number of rotatable bonds is 4. The van der Waals surface area contributed by atoms with Gasteiger partial charge in [0.25, 0.3) is 0 Å². The molecule has 3 heterocycles. The fourth-order valence-electron chi connectivity index (χ4n) is 6.82. The van der Waals surface area contributed by atoms with Gasteiger partial charge in [0.05, 0.1) is 28.6 Å². The lowest BCUT2D eigenvalue weighted by molar-refractivity contribution is -0.129. The van der Waals surface area contributed by atoms with E-state index in [4.69, 9.17) is 4.74 Å². The minimum Gasteiger partial charge on any atom is -0.507 e. The Labute approximate surface area is 254 Å². The number of aromatic hydroxyl groups is 1. The summed E-state index contributed by atoms with van der Waals surface area (Å²) in [7, 11) is 0. The van der Waals surface area contributed by atoms with Gasteiger partial charge < -0.3 is 19.6 Å². The fraction of sp³-hybridized carbons (Fsp3) is 0.314. The molecule has 1 fully saturated rings. The Morgan fingerprint density at radius 3 is 2.52 bits per heavy atom. The van der Waals surface area contributed by atoms with Crippen LogP contribution in [0.4, 0.5) is 18.9 Å². The third-order valence-electron chi connectivity index (χ3n) is 8.89. The number of piperazine rings is 1. The molecule has 2 aliphatic heterocycles. The molecule has 44 heavy (non-hydrogen) atoms. The minimum absolute atomic E-state index is 0.0319. The van der Waals surface area contributed by atoms with Gasteiger partial charge in [0.15, 0.2) is 0 Å². The van der Waals surface area contributed by atoms with E-state index in [9.17, 15) is 9.90 Å². The van der Waals surface area contributed by atoms with E-state index in [1.807, 2.05) is 40.7 Å². The van der Waals surface area contributed by atoms with Crippen LogP contribution in [0, 0.1) is 31.3 Å². The van der Waals surface area contributed by atoms with Crippen molar-refractivity contribution in [2.45, 2.75) is 52.6 Å². The number of phenols is 1. The van der Waals surface area contributed by atoms with Crippen LogP contribution in [0.1, 0.15) is 43.5 Å². The highest BCUT2D eigenvalue weighted by molar-refractivity contribution is 6.11. The third kappa shape index (κ3) is 4.40. The second-order valence-corrected chi connectivity index (χ2v) is 12.0. The number of carbonyl (C=O) groups is 1. The van der Waals surface area contributed by atoms with Gasteiger partial charge in [-0.2, -0.15) is 0 Å². The van der Waals surface area contributed by atoms with Gasteiger partial charge in [-0.25, -0.2) is 13.2 Å². The number of amides is 1. The van der Waals surface area contributed by atoms with Gasteiger partial charge in [-0.1, -0.05) is 26.5 Å². The number of aromatic nitrogens is 1. The molecule has 2 atom stereocenters. The Balaban J connectivity index is 1.74. The number of halogens is 3. The lowest BCUT2D eigenvalue weighted by Crippen LogP contribution is -2.61. The number of phenolic OH excluding ortho intramolecular Hbond substituents is 1. The summed E-state index contributed by atoms with van der Waals surface area (Å²) in [5, 5.41) is 10.9. The van der Waals surface area contributed by atoms with Gasteiger partial charge in [-0.3, -0.25) is 9.78 Å². The van der Waals surface area contributed by atoms with E-state index in [0.717, 1.165) is 17.3 Å². The summed E-state index contributed by atoms with van der Waals surface area (Å²) in [5.41, 5.74) is 2.71. The van der Waals surface area contributed by atoms with E-state index in [1.165, 1.54) is 24.3 Å². The molecule has 2 aliphatic rings. The Morgan fingerprint density at radius 2 is 1.84 bits per heavy atom. The van der Waals surface area contributed by atoms with Gasteiger partial charge >= 0.3 is 0 Å². The summed E-state index contributed by atoms with van der Waals surface area (Å²) >= 11 is 0. The number of aryl methyl sites for hydroxylation is 1. The van der Waals surface area contributed by atoms with E-state index in [0.29, 0.717) is 41.2 Å². The van der Waals surface area contributed by atoms with Crippen molar-refractivity contribution in [3.05, 3.63) is 83.5 Å². The molecule has 0 bridgehead atoms. The van der Waals surface area contributed by atoms with Gasteiger partial charge in [0, 0.05) is 52.8 Å². The predicted molar refractivity (Wildman–Crippen MR) is 166 cm³/mol. The second kappa shape index (κ2) is 10.9. The number of ether oxygens (including phenoxy) is 1. The molecule has 2 unspecified atom stereocenters. The molecule has 1 amide bonds. The first-order valence-corrected chi connectivity index (χ1v) is 14.7. The van der Waals surface area contributed by atoms with E-state index in [-0.39, 0.29) is 41.3 Å². The van der Waals surface area contributed by atoms with E-state index >= 15 is 13.2 Å². The van der Waals surface area contributed by atoms with Crippen molar-refractivity contribution >= 4 is 22.4 Å². The van der Waals surface area contributed by atoms with Gasteiger partial charge in [-0.15, -0.1) is 0 Å². The summed E-state index contributed by atoms with van der Waals surface area (Å²) < 4.78 is 54.9. The lowest BCUT2D eigenvalue weighted by Gasteiger charge is -2.49. The highest BCUT2D eigenvalue weighted by Gasteiger charge is 2.41. The first-order valence-electron chi connectivity index (χ1n) is 14.7. The summed E-state index contributed by atoms with van der Waals surface area (Å²) in [5.74, 6) is -3.25. The van der Waals surface area contributed by atoms with E-state index in [2.05, 4.69) is 16.5 Å². The number of hydrogen-bond acceptors (Lipinski definition) is 5. The topological polar surface area (TPSA) is 65.9 Å². The number of nitrogens with zero attached hydrogens (tertiary/aromatic N) is 3. The molecular formula is C35H34F3N3O3. The summed E-state index contributed by atoms with van der Waals surface area (Å²) in [4.78, 5) is 21.0. The molecule has 0 spiro atoms. The van der Waals surface area contributed by atoms with Crippen molar-refractivity contribution in [2.24, 2.45) is 0 Å².